The van der Waals surface area contributed by atoms with E-state index in [1.165, 1.54) is 4.88 Å². The highest BCUT2D eigenvalue weighted by Gasteiger charge is 2.15. The van der Waals surface area contributed by atoms with Crippen molar-refractivity contribution in [1.82, 2.24) is 15.2 Å². The fourth-order valence-electron chi connectivity index (χ4n) is 1.74. The molecule has 1 aliphatic heterocycles. The zero-order valence-electron chi connectivity index (χ0n) is 8.98. The summed E-state index contributed by atoms with van der Waals surface area (Å²) in [6.45, 7) is 4.72. The molecule has 0 spiro atoms. The van der Waals surface area contributed by atoms with Crippen molar-refractivity contribution in [3.05, 3.63) is 16.6 Å². The highest BCUT2D eigenvalue weighted by atomic mass is 32.1. The molecular weight excluding hydrogens is 210 g/mol. The van der Waals surface area contributed by atoms with Crippen molar-refractivity contribution in [3.63, 3.8) is 0 Å². The van der Waals surface area contributed by atoms with Crippen LogP contribution in [0.25, 0.3) is 0 Å². The largest absolute Gasteiger partial charge is 0.374 e. The minimum absolute atomic E-state index is 0.330. The summed E-state index contributed by atoms with van der Waals surface area (Å²) in [4.78, 5) is 7.66. The SMILES string of the molecule is CN(Cc1cncs1)CC1CNCCO1. The van der Waals surface area contributed by atoms with Crippen LogP contribution in [0.2, 0.25) is 0 Å². The van der Waals surface area contributed by atoms with E-state index in [0.29, 0.717) is 6.10 Å². The van der Waals surface area contributed by atoms with Crippen LogP contribution in [-0.2, 0) is 11.3 Å². The minimum atomic E-state index is 0.330. The lowest BCUT2D eigenvalue weighted by Crippen LogP contribution is -2.44. The molecular formula is C10H17N3OS. The van der Waals surface area contributed by atoms with Crippen LogP contribution in [0.5, 0.6) is 0 Å². The average Bonchev–Trinajstić information content (AvgIpc) is 2.71. The van der Waals surface area contributed by atoms with Crippen LogP contribution in [0.1, 0.15) is 4.88 Å². The Bertz CT molecular complexity index is 272. The van der Waals surface area contributed by atoms with Crippen LogP contribution in [0, 0.1) is 0 Å². The summed E-state index contributed by atoms with van der Waals surface area (Å²) < 4.78 is 5.65. The fraction of sp³-hybridized carbons (Fsp3) is 0.700. The molecule has 0 saturated carbocycles. The van der Waals surface area contributed by atoms with Crippen LogP contribution in [0.4, 0.5) is 0 Å². The van der Waals surface area contributed by atoms with E-state index in [-0.39, 0.29) is 0 Å². The molecule has 4 nitrogen and oxygen atoms in total. The zero-order chi connectivity index (χ0) is 10.5. The van der Waals surface area contributed by atoms with E-state index >= 15 is 0 Å². The van der Waals surface area contributed by atoms with Gasteiger partial charge < -0.3 is 10.1 Å². The molecule has 0 radical (unpaired) electrons. The quantitative estimate of drug-likeness (QED) is 0.816. The lowest BCUT2D eigenvalue weighted by molar-refractivity contribution is 0.00898. The first-order valence-electron chi connectivity index (χ1n) is 5.23. The van der Waals surface area contributed by atoms with Crippen molar-refractivity contribution in [2.24, 2.45) is 0 Å². The summed E-state index contributed by atoms with van der Waals surface area (Å²) in [6, 6.07) is 0. The van der Waals surface area contributed by atoms with Crippen molar-refractivity contribution in [1.29, 1.82) is 0 Å². The van der Waals surface area contributed by atoms with Gasteiger partial charge in [0.1, 0.15) is 0 Å². The molecule has 0 aromatic carbocycles. The zero-order valence-corrected chi connectivity index (χ0v) is 9.80. The van der Waals surface area contributed by atoms with E-state index in [2.05, 4.69) is 22.2 Å². The molecule has 0 bridgehead atoms. The number of morpholine rings is 1. The lowest BCUT2D eigenvalue weighted by atomic mass is 10.3. The van der Waals surface area contributed by atoms with E-state index in [1.54, 1.807) is 11.3 Å². The summed E-state index contributed by atoms with van der Waals surface area (Å²) in [5.41, 5.74) is 1.88. The van der Waals surface area contributed by atoms with Crippen LogP contribution in [0.3, 0.4) is 0 Å². The van der Waals surface area contributed by atoms with E-state index in [9.17, 15) is 0 Å². The Hall–Kier alpha value is -0.490. The van der Waals surface area contributed by atoms with Crippen molar-refractivity contribution in [2.75, 3.05) is 33.3 Å². The number of thiazole rings is 1. The van der Waals surface area contributed by atoms with E-state index in [4.69, 9.17) is 4.74 Å². The van der Waals surface area contributed by atoms with Gasteiger partial charge in [0.25, 0.3) is 0 Å². The molecule has 0 aliphatic carbocycles. The van der Waals surface area contributed by atoms with Crippen molar-refractivity contribution >= 4 is 11.3 Å². The second-order valence-electron chi connectivity index (χ2n) is 3.86. The Labute approximate surface area is 94.3 Å². The first kappa shape index (κ1) is 11.0. The standard InChI is InChI=1S/C10H17N3OS/c1-13(7-10-5-12-8-15-10)6-9-4-11-2-3-14-9/h5,8-9,11H,2-4,6-7H2,1H3. The lowest BCUT2D eigenvalue weighted by Gasteiger charge is -2.27. The molecule has 0 amide bonds. The fourth-order valence-corrected chi connectivity index (χ4v) is 2.41. The number of hydrogen-bond donors (Lipinski definition) is 1. The molecule has 1 aliphatic rings. The summed E-state index contributed by atoms with van der Waals surface area (Å²) in [7, 11) is 2.12. The van der Waals surface area contributed by atoms with E-state index in [1.807, 2.05) is 11.7 Å². The maximum Gasteiger partial charge on any atom is 0.0826 e. The number of nitrogens with zero attached hydrogens (tertiary/aromatic N) is 2. The third-order valence-corrected chi connectivity index (χ3v) is 3.19. The van der Waals surface area contributed by atoms with Gasteiger partial charge in [-0.1, -0.05) is 0 Å². The maximum absolute atomic E-state index is 5.65. The Morgan fingerprint density at radius 2 is 2.67 bits per heavy atom. The molecule has 84 valence electrons. The van der Waals surface area contributed by atoms with Gasteiger partial charge in [-0.25, -0.2) is 0 Å². The normalized spacial score (nSPS) is 22.1. The topological polar surface area (TPSA) is 37.4 Å². The monoisotopic (exact) mass is 227 g/mol. The third kappa shape index (κ3) is 3.53. The number of likely N-dealkylation sites (N-methyl/N-ethyl adjacent to an activating group) is 1. The Balaban J connectivity index is 1.74. The smallest absolute Gasteiger partial charge is 0.0826 e. The Morgan fingerprint density at radius 1 is 1.73 bits per heavy atom. The number of hydrogen-bond acceptors (Lipinski definition) is 5. The third-order valence-electron chi connectivity index (χ3n) is 2.43. The van der Waals surface area contributed by atoms with Gasteiger partial charge in [0.15, 0.2) is 0 Å². The minimum Gasteiger partial charge on any atom is -0.374 e. The van der Waals surface area contributed by atoms with Gasteiger partial charge in [-0.05, 0) is 7.05 Å². The predicted octanol–water partition coefficient (Wildman–Crippen LogP) is 0.563. The molecule has 2 heterocycles. The first-order valence-corrected chi connectivity index (χ1v) is 6.11. The number of nitrogens with one attached hydrogen (secondary N) is 1. The first-order chi connectivity index (χ1) is 7.34. The molecule has 1 fully saturated rings. The highest BCUT2D eigenvalue weighted by molar-refractivity contribution is 7.09. The van der Waals surface area contributed by atoms with Crippen LogP contribution < -0.4 is 5.32 Å². The molecule has 5 heteroatoms. The summed E-state index contributed by atoms with van der Waals surface area (Å²) in [5.74, 6) is 0. The second-order valence-corrected chi connectivity index (χ2v) is 4.83. The molecule has 1 aromatic rings. The molecule has 1 saturated heterocycles. The predicted molar refractivity (Wildman–Crippen MR) is 61.1 cm³/mol. The van der Waals surface area contributed by atoms with Gasteiger partial charge in [0, 0.05) is 37.3 Å². The molecule has 1 atom stereocenters. The van der Waals surface area contributed by atoms with Gasteiger partial charge in [0.05, 0.1) is 18.2 Å². The van der Waals surface area contributed by atoms with Crippen LogP contribution in [0.15, 0.2) is 11.7 Å². The molecule has 1 aromatic heterocycles. The van der Waals surface area contributed by atoms with Crippen molar-refractivity contribution in [2.45, 2.75) is 12.6 Å². The molecule has 15 heavy (non-hydrogen) atoms. The highest BCUT2D eigenvalue weighted by Crippen LogP contribution is 2.09. The van der Waals surface area contributed by atoms with Gasteiger partial charge >= 0.3 is 0 Å². The summed E-state index contributed by atoms with van der Waals surface area (Å²) in [5, 5.41) is 3.34. The van der Waals surface area contributed by atoms with Gasteiger partial charge in [-0.15, -0.1) is 11.3 Å². The van der Waals surface area contributed by atoms with Crippen molar-refractivity contribution in [3.8, 4) is 0 Å². The maximum atomic E-state index is 5.65. The van der Waals surface area contributed by atoms with Gasteiger partial charge in [-0.2, -0.15) is 0 Å². The average molecular weight is 227 g/mol. The summed E-state index contributed by atoms with van der Waals surface area (Å²) in [6.07, 6.45) is 2.26. The molecule has 1 unspecified atom stereocenters. The second kappa shape index (κ2) is 5.55. The Morgan fingerprint density at radius 3 is 3.33 bits per heavy atom. The summed E-state index contributed by atoms with van der Waals surface area (Å²) >= 11 is 1.70. The van der Waals surface area contributed by atoms with Crippen molar-refractivity contribution < 1.29 is 4.74 Å². The number of aromatic nitrogens is 1. The van der Waals surface area contributed by atoms with Gasteiger partial charge in [-0.3, -0.25) is 9.88 Å². The van der Waals surface area contributed by atoms with E-state index in [0.717, 1.165) is 32.8 Å². The number of ether oxygens (including phenoxy) is 1. The van der Waals surface area contributed by atoms with Crippen LogP contribution >= 0.6 is 11.3 Å². The molecule has 1 N–H and O–H groups in total. The Kier molecular flexibility index (Phi) is 4.08. The van der Waals surface area contributed by atoms with Crippen LogP contribution in [-0.4, -0.2) is 49.3 Å². The number of rotatable bonds is 4. The molecule has 2 rings (SSSR count). The van der Waals surface area contributed by atoms with Gasteiger partial charge in [0.2, 0.25) is 0 Å². The van der Waals surface area contributed by atoms with E-state index < -0.39 is 0 Å².